The van der Waals surface area contributed by atoms with Gasteiger partial charge < -0.3 is 20.1 Å². The number of carbonyl (C=O) groups is 1. The second kappa shape index (κ2) is 9.72. The van der Waals surface area contributed by atoms with Crippen LogP contribution in [0.3, 0.4) is 0 Å². The number of rotatable bonds is 7. The zero-order valence-electron chi connectivity index (χ0n) is 17.4. The number of nitrogens with zero attached hydrogens (tertiary/aromatic N) is 1. The van der Waals surface area contributed by atoms with Crippen molar-refractivity contribution in [2.24, 2.45) is 0 Å². The van der Waals surface area contributed by atoms with Crippen LogP contribution >= 0.6 is 22.9 Å². The Morgan fingerprint density at radius 2 is 1.78 bits per heavy atom. The first-order chi connectivity index (χ1) is 15.6. The maximum atomic E-state index is 12.7. The topological polar surface area (TPSA) is 72.5 Å². The van der Waals surface area contributed by atoms with Crippen LogP contribution in [0.4, 0.5) is 16.5 Å². The number of anilines is 3. The highest BCUT2D eigenvalue weighted by molar-refractivity contribution is 7.14. The van der Waals surface area contributed by atoms with Gasteiger partial charge in [-0.25, -0.2) is 4.98 Å². The Labute approximate surface area is 194 Å². The lowest BCUT2D eigenvalue weighted by Crippen LogP contribution is -2.13. The second-order valence-corrected chi connectivity index (χ2v) is 8.01. The Hall–Kier alpha value is -3.55. The Balaban J connectivity index is 1.45. The molecule has 0 bridgehead atoms. The molecule has 6 nitrogen and oxygen atoms in total. The number of benzene rings is 3. The maximum absolute atomic E-state index is 12.7. The number of nitrogens with one attached hydrogen (secondary N) is 2. The van der Waals surface area contributed by atoms with Gasteiger partial charge in [-0.3, -0.25) is 4.79 Å². The highest BCUT2D eigenvalue weighted by atomic mass is 35.5. The van der Waals surface area contributed by atoms with Gasteiger partial charge in [-0.05, 0) is 36.4 Å². The van der Waals surface area contributed by atoms with E-state index in [0.29, 0.717) is 27.8 Å². The first-order valence-electron chi connectivity index (χ1n) is 9.68. The predicted molar refractivity (Wildman–Crippen MR) is 130 cm³/mol. The number of hydrogen-bond acceptors (Lipinski definition) is 6. The molecule has 4 aromatic rings. The van der Waals surface area contributed by atoms with E-state index in [1.165, 1.54) is 18.4 Å². The molecular weight excluding hydrogens is 446 g/mol. The summed E-state index contributed by atoms with van der Waals surface area (Å²) in [6, 6.07) is 20.1. The molecule has 1 amide bonds. The lowest BCUT2D eigenvalue weighted by Gasteiger charge is -2.11. The summed E-state index contributed by atoms with van der Waals surface area (Å²) in [7, 11) is 3.08. The molecule has 32 heavy (non-hydrogen) atoms. The van der Waals surface area contributed by atoms with Crippen molar-refractivity contribution < 1.29 is 14.3 Å². The number of aromatic nitrogens is 1. The lowest BCUT2D eigenvalue weighted by atomic mass is 10.1. The Kier molecular flexibility index (Phi) is 6.58. The monoisotopic (exact) mass is 465 g/mol. The zero-order valence-corrected chi connectivity index (χ0v) is 19.0. The molecule has 0 saturated carbocycles. The van der Waals surface area contributed by atoms with Crippen molar-refractivity contribution in [2.45, 2.75) is 0 Å². The molecule has 1 aromatic heterocycles. The molecule has 0 fully saturated rings. The van der Waals surface area contributed by atoms with Gasteiger partial charge in [0.05, 0.1) is 36.2 Å². The van der Waals surface area contributed by atoms with Crippen molar-refractivity contribution in [3.05, 3.63) is 82.7 Å². The molecule has 0 unspecified atom stereocenters. The third-order valence-electron chi connectivity index (χ3n) is 4.71. The summed E-state index contributed by atoms with van der Waals surface area (Å²) >= 11 is 7.69. The zero-order chi connectivity index (χ0) is 22.5. The van der Waals surface area contributed by atoms with Crippen LogP contribution in [0, 0.1) is 0 Å². The van der Waals surface area contributed by atoms with Crippen molar-refractivity contribution in [3.8, 4) is 22.8 Å². The Bertz CT molecular complexity index is 1240. The highest BCUT2D eigenvalue weighted by Gasteiger charge is 2.14. The van der Waals surface area contributed by atoms with Crippen LogP contribution in [0.25, 0.3) is 11.3 Å². The van der Waals surface area contributed by atoms with E-state index in [-0.39, 0.29) is 5.91 Å². The van der Waals surface area contributed by atoms with Crippen LogP contribution in [-0.4, -0.2) is 25.1 Å². The van der Waals surface area contributed by atoms with E-state index in [2.05, 4.69) is 15.6 Å². The van der Waals surface area contributed by atoms with Gasteiger partial charge in [0.15, 0.2) is 5.13 Å². The second-order valence-electron chi connectivity index (χ2n) is 6.74. The number of amides is 1. The fraction of sp³-hybridized carbons (Fsp3) is 0.0833. The minimum atomic E-state index is -0.267. The van der Waals surface area contributed by atoms with Crippen LogP contribution < -0.4 is 20.1 Å². The van der Waals surface area contributed by atoms with Gasteiger partial charge in [0.1, 0.15) is 11.5 Å². The summed E-state index contributed by atoms with van der Waals surface area (Å²) in [5.74, 6) is 0.797. The van der Waals surface area contributed by atoms with E-state index in [0.717, 1.165) is 22.1 Å². The molecule has 162 valence electrons. The van der Waals surface area contributed by atoms with E-state index in [4.69, 9.17) is 21.1 Å². The number of methoxy groups -OCH3 is 2. The molecule has 0 aliphatic rings. The summed E-state index contributed by atoms with van der Waals surface area (Å²) in [6.07, 6.45) is 0. The molecule has 0 atom stereocenters. The normalized spacial score (nSPS) is 10.5. The Morgan fingerprint density at radius 1 is 1.00 bits per heavy atom. The van der Waals surface area contributed by atoms with Crippen molar-refractivity contribution in [1.82, 2.24) is 4.98 Å². The molecule has 0 saturated heterocycles. The van der Waals surface area contributed by atoms with Gasteiger partial charge in [0, 0.05) is 22.7 Å². The summed E-state index contributed by atoms with van der Waals surface area (Å²) in [5.41, 5.74) is 3.67. The van der Waals surface area contributed by atoms with Crippen LogP contribution in [-0.2, 0) is 0 Å². The molecule has 0 radical (unpaired) electrons. The highest BCUT2D eigenvalue weighted by Crippen LogP contribution is 2.31. The molecule has 3 aromatic carbocycles. The van der Waals surface area contributed by atoms with Gasteiger partial charge in [-0.2, -0.15) is 0 Å². The Morgan fingerprint density at radius 3 is 2.50 bits per heavy atom. The molecule has 0 spiro atoms. The summed E-state index contributed by atoms with van der Waals surface area (Å²) in [4.78, 5) is 17.3. The van der Waals surface area contributed by atoms with Crippen molar-refractivity contribution in [3.63, 3.8) is 0 Å². The number of para-hydroxylation sites is 1. The molecule has 4 rings (SSSR count). The van der Waals surface area contributed by atoms with Crippen molar-refractivity contribution in [2.75, 3.05) is 24.9 Å². The molecule has 0 aliphatic heterocycles. The average molecular weight is 466 g/mol. The average Bonchev–Trinajstić information content (AvgIpc) is 3.29. The van der Waals surface area contributed by atoms with Gasteiger partial charge >= 0.3 is 0 Å². The van der Waals surface area contributed by atoms with Crippen LogP contribution in [0.1, 0.15) is 10.4 Å². The maximum Gasteiger partial charge on any atom is 0.259 e. The molecule has 0 aliphatic carbocycles. The summed E-state index contributed by atoms with van der Waals surface area (Å²) in [6.45, 7) is 0. The van der Waals surface area contributed by atoms with Crippen molar-refractivity contribution in [1.29, 1.82) is 0 Å². The van der Waals surface area contributed by atoms with Gasteiger partial charge in [-0.15, -0.1) is 11.3 Å². The minimum absolute atomic E-state index is 0.267. The number of thiazole rings is 1. The SMILES string of the molecule is COc1ccc(C(=O)Nc2ccc(-c3csc(Nc4ccccc4Cl)n3)cc2)c(OC)c1. The largest absolute Gasteiger partial charge is 0.497 e. The van der Waals surface area contributed by atoms with Crippen molar-refractivity contribution >= 4 is 45.4 Å². The predicted octanol–water partition coefficient (Wildman–Crippen LogP) is 6.48. The lowest BCUT2D eigenvalue weighted by molar-refractivity contribution is 0.102. The number of ether oxygens (including phenoxy) is 2. The fourth-order valence-electron chi connectivity index (χ4n) is 3.05. The molecule has 1 heterocycles. The third kappa shape index (κ3) is 4.85. The molecule has 8 heteroatoms. The first-order valence-corrected chi connectivity index (χ1v) is 10.9. The van der Waals surface area contributed by atoms with E-state index < -0.39 is 0 Å². The van der Waals surface area contributed by atoms with Gasteiger partial charge in [0.2, 0.25) is 0 Å². The third-order valence-corrected chi connectivity index (χ3v) is 5.80. The smallest absolute Gasteiger partial charge is 0.259 e. The number of hydrogen-bond donors (Lipinski definition) is 2. The quantitative estimate of drug-likeness (QED) is 0.327. The van der Waals surface area contributed by atoms with E-state index in [9.17, 15) is 4.79 Å². The van der Waals surface area contributed by atoms with Crippen LogP contribution in [0.2, 0.25) is 5.02 Å². The summed E-state index contributed by atoms with van der Waals surface area (Å²) < 4.78 is 10.5. The van der Waals surface area contributed by atoms with Gasteiger partial charge in [0.25, 0.3) is 5.91 Å². The van der Waals surface area contributed by atoms with E-state index >= 15 is 0 Å². The molecule has 2 N–H and O–H groups in total. The molecular formula is C24H20ClN3O3S. The van der Waals surface area contributed by atoms with E-state index in [1.807, 2.05) is 53.9 Å². The van der Waals surface area contributed by atoms with Crippen LogP contribution in [0.5, 0.6) is 11.5 Å². The minimum Gasteiger partial charge on any atom is -0.497 e. The number of carbonyl (C=O) groups excluding carboxylic acids is 1. The number of halogens is 1. The fourth-order valence-corrected chi connectivity index (χ4v) is 3.97. The standard InChI is InChI=1S/C24H20ClN3O3S/c1-30-17-11-12-18(22(13-17)31-2)23(29)26-16-9-7-15(8-10-16)21-14-32-24(28-21)27-20-6-4-3-5-19(20)25/h3-14H,1-2H3,(H,26,29)(H,27,28). The first kappa shape index (κ1) is 21.7. The van der Waals surface area contributed by atoms with E-state index in [1.54, 1.807) is 25.3 Å². The summed E-state index contributed by atoms with van der Waals surface area (Å²) in [5, 5.41) is 9.47. The van der Waals surface area contributed by atoms with Crippen LogP contribution in [0.15, 0.2) is 72.1 Å². The van der Waals surface area contributed by atoms with Gasteiger partial charge in [-0.1, -0.05) is 35.9 Å².